The van der Waals surface area contributed by atoms with Crippen LogP contribution in [0.2, 0.25) is 0 Å². The van der Waals surface area contributed by atoms with Crippen molar-refractivity contribution in [3.8, 4) is 11.1 Å². The van der Waals surface area contributed by atoms with Gasteiger partial charge in [0.15, 0.2) is 0 Å². The minimum absolute atomic E-state index is 0.0930. The Kier molecular flexibility index (Phi) is 8.72. The van der Waals surface area contributed by atoms with Crippen LogP contribution in [0.5, 0.6) is 0 Å². The van der Waals surface area contributed by atoms with Crippen molar-refractivity contribution in [3.05, 3.63) is 84.1 Å². The van der Waals surface area contributed by atoms with Crippen LogP contribution in [-0.2, 0) is 20.2 Å². The van der Waals surface area contributed by atoms with Crippen LogP contribution in [0, 0.1) is 0 Å². The molecule has 2 amide bonds. The van der Waals surface area contributed by atoms with Gasteiger partial charge < -0.3 is 19.9 Å². The molecule has 3 aromatic carbocycles. The van der Waals surface area contributed by atoms with Crippen molar-refractivity contribution in [3.63, 3.8) is 0 Å². The third-order valence-electron chi connectivity index (χ3n) is 7.85. The van der Waals surface area contributed by atoms with E-state index in [1.807, 2.05) is 63.2 Å². The summed E-state index contributed by atoms with van der Waals surface area (Å²) in [6.45, 7) is 12.7. The largest absolute Gasteiger partial charge is 0.444 e. The predicted octanol–water partition coefficient (Wildman–Crippen LogP) is 7.06. The smallest absolute Gasteiger partial charge is 0.410 e. The number of ether oxygens (including phenoxy) is 1. The van der Waals surface area contributed by atoms with Gasteiger partial charge in [0, 0.05) is 41.3 Å². The van der Waals surface area contributed by atoms with Crippen molar-refractivity contribution in [2.24, 2.45) is 0 Å². The van der Waals surface area contributed by atoms with Crippen LogP contribution < -0.4 is 10.0 Å². The highest BCUT2D eigenvalue weighted by Crippen LogP contribution is 2.35. The second kappa shape index (κ2) is 12.2. The van der Waals surface area contributed by atoms with Crippen molar-refractivity contribution in [1.82, 2.24) is 15.2 Å². The quantitative estimate of drug-likeness (QED) is 0.211. The average molecular weight is 631 g/mol. The van der Waals surface area contributed by atoms with Crippen LogP contribution >= 0.6 is 0 Å². The van der Waals surface area contributed by atoms with Gasteiger partial charge in [-0.3, -0.25) is 9.52 Å². The Bertz CT molecular complexity index is 1790. The number of likely N-dealkylation sites (tertiary alicyclic amines) is 1. The molecule has 1 aliphatic heterocycles. The molecule has 4 aromatic rings. The number of nitrogens with zero attached hydrogens (tertiary/aromatic N) is 1. The van der Waals surface area contributed by atoms with Gasteiger partial charge in [0.25, 0.3) is 15.9 Å². The van der Waals surface area contributed by atoms with E-state index in [4.69, 9.17) is 4.74 Å². The molecule has 1 aliphatic rings. The molecule has 0 unspecified atom stereocenters. The third kappa shape index (κ3) is 7.50. The summed E-state index contributed by atoms with van der Waals surface area (Å²) in [6.07, 6.45) is 0.867. The lowest BCUT2D eigenvalue weighted by atomic mass is 9.87. The van der Waals surface area contributed by atoms with Gasteiger partial charge in [-0.15, -0.1) is 0 Å². The summed E-state index contributed by atoms with van der Waals surface area (Å²) in [5.41, 5.74) is 3.38. The summed E-state index contributed by atoms with van der Waals surface area (Å²) in [7, 11) is -3.85. The van der Waals surface area contributed by atoms with Gasteiger partial charge in [-0.2, -0.15) is 0 Å². The van der Waals surface area contributed by atoms with Crippen LogP contribution in [0.1, 0.15) is 70.4 Å². The molecule has 0 spiro atoms. The van der Waals surface area contributed by atoms with Crippen molar-refractivity contribution in [1.29, 1.82) is 0 Å². The Labute approximate surface area is 265 Å². The maximum atomic E-state index is 13.7. The van der Waals surface area contributed by atoms with Crippen LogP contribution in [0.15, 0.2) is 77.7 Å². The third-order valence-corrected chi connectivity index (χ3v) is 9.25. The van der Waals surface area contributed by atoms with Gasteiger partial charge in [0.2, 0.25) is 0 Å². The van der Waals surface area contributed by atoms with Gasteiger partial charge in [0.1, 0.15) is 11.3 Å². The second-order valence-electron chi connectivity index (χ2n) is 13.6. The molecule has 1 fully saturated rings. The molecule has 3 N–H and O–H groups in total. The van der Waals surface area contributed by atoms with Crippen LogP contribution in [0.4, 0.5) is 10.5 Å². The Balaban J connectivity index is 1.39. The number of piperidine rings is 1. The number of H-pyrrole nitrogens is 1. The lowest BCUT2D eigenvalue weighted by Gasteiger charge is -2.33. The summed E-state index contributed by atoms with van der Waals surface area (Å²) < 4.78 is 34.8. The monoisotopic (exact) mass is 630 g/mol. The van der Waals surface area contributed by atoms with Crippen molar-refractivity contribution in [2.45, 2.75) is 76.3 Å². The first-order valence-corrected chi connectivity index (χ1v) is 16.7. The van der Waals surface area contributed by atoms with Crippen molar-refractivity contribution in [2.75, 3.05) is 17.8 Å². The molecule has 5 rings (SSSR count). The number of hydrogen-bond acceptors (Lipinski definition) is 5. The van der Waals surface area contributed by atoms with E-state index in [9.17, 15) is 18.0 Å². The number of hydrogen-bond donors (Lipinski definition) is 3. The standard InChI is InChI=1S/C35H42N4O5S/c1-34(2,3)24-12-15-27(16-13-24)45(42,43)38-26-14-17-29-28(22-26)30(23-10-8-7-9-11-23)31(37-29)32(40)36-25-18-20-39(21-19-25)33(41)44-35(4,5)6/h7-17,22,25,37-38H,18-21H2,1-6H3,(H,36,40). The average Bonchev–Trinajstić information content (AvgIpc) is 3.35. The number of carbonyl (C=O) groups is 2. The predicted molar refractivity (Wildman–Crippen MR) is 178 cm³/mol. The zero-order valence-corrected chi connectivity index (χ0v) is 27.5. The Morgan fingerprint density at radius 3 is 2.13 bits per heavy atom. The summed E-state index contributed by atoms with van der Waals surface area (Å²) in [4.78, 5) is 31.3. The lowest BCUT2D eigenvalue weighted by molar-refractivity contribution is 0.0199. The van der Waals surface area contributed by atoms with Gasteiger partial charge in [-0.05, 0) is 80.5 Å². The molecule has 2 heterocycles. The number of aromatic nitrogens is 1. The molecule has 45 heavy (non-hydrogen) atoms. The molecule has 1 saturated heterocycles. The topological polar surface area (TPSA) is 121 Å². The maximum Gasteiger partial charge on any atom is 0.410 e. The van der Waals surface area contributed by atoms with E-state index in [0.717, 1.165) is 16.5 Å². The SMILES string of the molecule is CC(C)(C)OC(=O)N1CCC(NC(=O)c2[nH]c3ccc(NS(=O)(=O)c4ccc(C(C)(C)C)cc4)cc3c2-c2ccccc2)CC1. The van der Waals surface area contributed by atoms with Crippen LogP contribution in [0.25, 0.3) is 22.0 Å². The minimum Gasteiger partial charge on any atom is -0.444 e. The summed E-state index contributed by atoms with van der Waals surface area (Å²) >= 11 is 0. The van der Waals surface area contributed by atoms with E-state index in [1.165, 1.54) is 0 Å². The van der Waals surface area contributed by atoms with Gasteiger partial charge in [-0.1, -0.05) is 63.2 Å². The highest BCUT2D eigenvalue weighted by Gasteiger charge is 2.29. The van der Waals surface area contributed by atoms with Gasteiger partial charge in [-0.25, -0.2) is 13.2 Å². The molecule has 9 nitrogen and oxygen atoms in total. The molecule has 10 heteroatoms. The fourth-order valence-corrected chi connectivity index (χ4v) is 6.52. The number of fused-ring (bicyclic) bond motifs is 1. The van der Waals surface area contributed by atoms with Crippen LogP contribution in [-0.4, -0.2) is 55.0 Å². The molecule has 0 radical (unpaired) electrons. The van der Waals surface area contributed by atoms with E-state index in [1.54, 1.807) is 35.2 Å². The number of aromatic amines is 1. The first-order valence-electron chi connectivity index (χ1n) is 15.2. The van der Waals surface area contributed by atoms with E-state index in [0.29, 0.717) is 48.4 Å². The van der Waals surface area contributed by atoms with Gasteiger partial charge >= 0.3 is 6.09 Å². The number of anilines is 1. The first kappa shape index (κ1) is 32.1. The first-order chi connectivity index (χ1) is 21.1. The fourth-order valence-electron chi connectivity index (χ4n) is 5.47. The molecule has 0 bridgehead atoms. The highest BCUT2D eigenvalue weighted by molar-refractivity contribution is 7.92. The molecule has 238 valence electrons. The zero-order chi connectivity index (χ0) is 32.6. The van der Waals surface area contributed by atoms with Crippen LogP contribution in [0.3, 0.4) is 0 Å². The number of nitrogens with one attached hydrogen (secondary N) is 3. The Hall–Kier alpha value is -4.31. The van der Waals surface area contributed by atoms with E-state index in [2.05, 4.69) is 35.8 Å². The summed E-state index contributed by atoms with van der Waals surface area (Å²) in [6, 6.07) is 21.6. The number of benzene rings is 3. The summed E-state index contributed by atoms with van der Waals surface area (Å²) in [5, 5.41) is 3.86. The number of carbonyl (C=O) groups excluding carboxylic acids is 2. The van der Waals surface area contributed by atoms with Crippen molar-refractivity contribution < 1.29 is 22.7 Å². The molecular weight excluding hydrogens is 588 g/mol. The number of amides is 2. The van der Waals surface area contributed by atoms with Gasteiger partial charge in [0.05, 0.1) is 4.90 Å². The number of sulfonamides is 1. The molecule has 0 saturated carbocycles. The van der Waals surface area contributed by atoms with E-state index < -0.39 is 15.6 Å². The zero-order valence-electron chi connectivity index (χ0n) is 26.7. The number of rotatable bonds is 6. The normalized spacial score (nSPS) is 14.8. The minimum atomic E-state index is -3.85. The molecular formula is C35H42N4O5S. The maximum absolute atomic E-state index is 13.7. The molecule has 0 atom stereocenters. The molecule has 0 aliphatic carbocycles. The van der Waals surface area contributed by atoms with E-state index in [-0.39, 0.29) is 28.4 Å². The Morgan fingerprint density at radius 2 is 1.53 bits per heavy atom. The summed E-state index contributed by atoms with van der Waals surface area (Å²) in [5.74, 6) is -0.262. The Morgan fingerprint density at radius 1 is 0.889 bits per heavy atom. The highest BCUT2D eigenvalue weighted by atomic mass is 32.2. The van der Waals surface area contributed by atoms with E-state index >= 15 is 0 Å². The lowest BCUT2D eigenvalue weighted by Crippen LogP contribution is -2.47. The second-order valence-corrected chi connectivity index (χ2v) is 15.3. The fraction of sp³-hybridized carbons (Fsp3) is 0.371. The molecule has 1 aromatic heterocycles. The van der Waals surface area contributed by atoms with Crippen molar-refractivity contribution >= 4 is 38.6 Å².